The molecular weight excluding hydrogens is 300 g/mol. The van der Waals surface area contributed by atoms with Crippen LogP contribution in [0.2, 0.25) is 0 Å². The zero-order valence-electron chi connectivity index (χ0n) is 11.6. The van der Waals surface area contributed by atoms with Gasteiger partial charge in [0, 0.05) is 23.1 Å². The van der Waals surface area contributed by atoms with Crippen molar-refractivity contribution in [2.45, 2.75) is 37.8 Å². The molecule has 1 aromatic carbocycles. The van der Waals surface area contributed by atoms with Crippen molar-refractivity contribution in [2.24, 2.45) is 17.6 Å². The first kappa shape index (κ1) is 13.6. The molecule has 0 spiro atoms. The second-order valence-corrected chi connectivity index (χ2v) is 7.29. The van der Waals surface area contributed by atoms with E-state index in [2.05, 4.69) is 52.1 Å². The summed E-state index contributed by atoms with van der Waals surface area (Å²) in [6.45, 7) is 1.80. The van der Waals surface area contributed by atoms with Crippen molar-refractivity contribution in [2.75, 3.05) is 13.6 Å². The van der Waals surface area contributed by atoms with Crippen molar-refractivity contribution in [1.82, 2.24) is 4.90 Å². The van der Waals surface area contributed by atoms with Gasteiger partial charge in [0.05, 0.1) is 0 Å². The zero-order valence-corrected chi connectivity index (χ0v) is 13.2. The van der Waals surface area contributed by atoms with Crippen LogP contribution in [0.4, 0.5) is 0 Å². The summed E-state index contributed by atoms with van der Waals surface area (Å²) in [7, 11) is 2.26. The third-order valence-electron chi connectivity index (χ3n) is 5.37. The molecule has 3 atom stereocenters. The van der Waals surface area contributed by atoms with Crippen LogP contribution in [0.5, 0.6) is 0 Å². The van der Waals surface area contributed by atoms with Gasteiger partial charge in [0.1, 0.15) is 0 Å². The van der Waals surface area contributed by atoms with E-state index in [1.165, 1.54) is 31.2 Å². The zero-order chi connectivity index (χ0) is 13.5. The molecule has 2 nitrogen and oxygen atoms in total. The van der Waals surface area contributed by atoms with E-state index >= 15 is 0 Å². The average molecular weight is 323 g/mol. The van der Waals surface area contributed by atoms with Crippen LogP contribution >= 0.6 is 15.9 Å². The van der Waals surface area contributed by atoms with Gasteiger partial charge >= 0.3 is 0 Å². The molecule has 2 aliphatic rings. The molecule has 3 rings (SSSR count). The second-order valence-electron chi connectivity index (χ2n) is 6.37. The van der Waals surface area contributed by atoms with Crippen LogP contribution in [0.25, 0.3) is 0 Å². The monoisotopic (exact) mass is 322 g/mol. The molecule has 2 bridgehead atoms. The lowest BCUT2D eigenvalue weighted by Crippen LogP contribution is -2.55. The Kier molecular flexibility index (Phi) is 3.71. The first-order valence-corrected chi connectivity index (χ1v) is 8.09. The van der Waals surface area contributed by atoms with Crippen molar-refractivity contribution in [3.8, 4) is 0 Å². The molecule has 3 heteroatoms. The van der Waals surface area contributed by atoms with Gasteiger partial charge in [0.2, 0.25) is 0 Å². The molecule has 0 aliphatic heterocycles. The molecular formula is C16H23BrN2. The summed E-state index contributed by atoms with van der Waals surface area (Å²) in [5.74, 6) is 1.75. The minimum atomic E-state index is 0.255. The Morgan fingerprint density at radius 2 is 2.26 bits per heavy atom. The summed E-state index contributed by atoms with van der Waals surface area (Å²) < 4.78 is 1.16. The molecule has 0 heterocycles. The Bertz CT molecular complexity index is 462. The Labute approximate surface area is 124 Å². The summed E-state index contributed by atoms with van der Waals surface area (Å²) in [6.07, 6.45) is 5.51. The van der Waals surface area contributed by atoms with Gasteiger partial charge in [-0.1, -0.05) is 34.5 Å². The van der Waals surface area contributed by atoms with Crippen LogP contribution in [0, 0.1) is 11.8 Å². The van der Waals surface area contributed by atoms with Crippen LogP contribution in [-0.2, 0) is 6.54 Å². The molecule has 0 radical (unpaired) electrons. The number of benzene rings is 1. The fourth-order valence-corrected chi connectivity index (χ4v) is 4.80. The Balaban J connectivity index is 1.77. The van der Waals surface area contributed by atoms with E-state index in [1.807, 2.05) is 0 Å². The Hall–Kier alpha value is -0.380. The molecule has 2 saturated carbocycles. The number of likely N-dealkylation sites (N-methyl/N-ethyl adjacent to an activating group) is 1. The normalized spacial score (nSPS) is 33.3. The number of halogens is 1. The van der Waals surface area contributed by atoms with E-state index < -0.39 is 0 Å². The average Bonchev–Trinajstić information content (AvgIpc) is 2.99. The quantitative estimate of drug-likeness (QED) is 0.920. The van der Waals surface area contributed by atoms with Crippen molar-refractivity contribution < 1.29 is 0 Å². The fraction of sp³-hybridized carbons (Fsp3) is 0.625. The molecule has 0 saturated heterocycles. The molecule has 3 unspecified atom stereocenters. The Morgan fingerprint density at radius 3 is 2.84 bits per heavy atom. The Morgan fingerprint density at radius 1 is 1.42 bits per heavy atom. The second kappa shape index (κ2) is 5.19. The highest BCUT2D eigenvalue weighted by atomic mass is 79.9. The lowest BCUT2D eigenvalue weighted by atomic mass is 9.79. The summed E-state index contributed by atoms with van der Waals surface area (Å²) in [4.78, 5) is 2.53. The van der Waals surface area contributed by atoms with Crippen molar-refractivity contribution in [1.29, 1.82) is 0 Å². The van der Waals surface area contributed by atoms with Gasteiger partial charge in [-0.05, 0) is 55.8 Å². The van der Waals surface area contributed by atoms with Crippen LogP contribution in [0.3, 0.4) is 0 Å². The standard InChI is InChI=1S/C16H23BrN2/c1-19(10-13-3-2-4-15(17)8-13)16(11-18)9-12-5-6-14(16)7-12/h2-4,8,12,14H,5-7,9-11,18H2,1H3. The highest BCUT2D eigenvalue weighted by Crippen LogP contribution is 2.52. The third-order valence-corrected chi connectivity index (χ3v) is 5.86. The molecule has 0 aromatic heterocycles. The minimum absolute atomic E-state index is 0.255. The van der Waals surface area contributed by atoms with Gasteiger partial charge in [-0.3, -0.25) is 4.90 Å². The highest BCUT2D eigenvalue weighted by Gasteiger charge is 2.52. The SMILES string of the molecule is CN(Cc1cccc(Br)c1)C1(CN)CC2CCC1C2. The molecule has 2 aliphatic carbocycles. The van der Waals surface area contributed by atoms with Crippen LogP contribution in [0.15, 0.2) is 28.7 Å². The molecule has 0 amide bonds. The first-order chi connectivity index (χ1) is 9.14. The maximum Gasteiger partial charge on any atom is 0.0363 e. The number of fused-ring (bicyclic) bond motifs is 2. The van der Waals surface area contributed by atoms with Gasteiger partial charge < -0.3 is 5.73 Å². The smallest absolute Gasteiger partial charge is 0.0363 e. The molecule has 2 fully saturated rings. The van der Waals surface area contributed by atoms with E-state index in [-0.39, 0.29) is 5.54 Å². The summed E-state index contributed by atoms with van der Waals surface area (Å²) >= 11 is 3.56. The summed E-state index contributed by atoms with van der Waals surface area (Å²) in [5, 5.41) is 0. The van der Waals surface area contributed by atoms with Crippen molar-refractivity contribution in [3.05, 3.63) is 34.3 Å². The van der Waals surface area contributed by atoms with Gasteiger partial charge in [0.25, 0.3) is 0 Å². The lowest BCUT2D eigenvalue weighted by molar-refractivity contribution is 0.0591. The number of hydrogen-bond donors (Lipinski definition) is 1. The van der Waals surface area contributed by atoms with Crippen molar-refractivity contribution >= 4 is 15.9 Å². The predicted octanol–water partition coefficient (Wildman–Crippen LogP) is 3.40. The van der Waals surface area contributed by atoms with Gasteiger partial charge in [-0.25, -0.2) is 0 Å². The molecule has 2 N–H and O–H groups in total. The minimum Gasteiger partial charge on any atom is -0.329 e. The van der Waals surface area contributed by atoms with Crippen LogP contribution in [-0.4, -0.2) is 24.0 Å². The lowest BCUT2D eigenvalue weighted by Gasteiger charge is -2.44. The maximum atomic E-state index is 6.19. The van der Waals surface area contributed by atoms with Crippen molar-refractivity contribution in [3.63, 3.8) is 0 Å². The molecule has 1 aromatic rings. The third kappa shape index (κ3) is 2.37. The summed E-state index contributed by atoms with van der Waals surface area (Å²) in [5.41, 5.74) is 7.81. The van der Waals surface area contributed by atoms with E-state index in [4.69, 9.17) is 5.73 Å². The van der Waals surface area contributed by atoms with Crippen LogP contribution < -0.4 is 5.73 Å². The predicted molar refractivity (Wildman–Crippen MR) is 82.8 cm³/mol. The van der Waals surface area contributed by atoms with Gasteiger partial charge in [-0.2, -0.15) is 0 Å². The number of hydrogen-bond acceptors (Lipinski definition) is 2. The van der Waals surface area contributed by atoms with Gasteiger partial charge in [-0.15, -0.1) is 0 Å². The largest absolute Gasteiger partial charge is 0.329 e. The topological polar surface area (TPSA) is 29.3 Å². The summed E-state index contributed by atoms with van der Waals surface area (Å²) in [6, 6.07) is 8.62. The van der Waals surface area contributed by atoms with Gasteiger partial charge in [0.15, 0.2) is 0 Å². The highest BCUT2D eigenvalue weighted by molar-refractivity contribution is 9.10. The molecule has 104 valence electrons. The maximum absolute atomic E-state index is 6.19. The molecule has 19 heavy (non-hydrogen) atoms. The van der Waals surface area contributed by atoms with E-state index in [0.717, 1.165) is 29.4 Å². The number of nitrogens with zero attached hydrogens (tertiary/aromatic N) is 1. The number of rotatable bonds is 4. The fourth-order valence-electron chi connectivity index (χ4n) is 4.35. The van der Waals surface area contributed by atoms with E-state index in [0.29, 0.717) is 0 Å². The first-order valence-electron chi connectivity index (χ1n) is 7.30. The van der Waals surface area contributed by atoms with E-state index in [9.17, 15) is 0 Å². The number of nitrogens with two attached hydrogens (primary N) is 1. The van der Waals surface area contributed by atoms with E-state index in [1.54, 1.807) is 0 Å². The van der Waals surface area contributed by atoms with Crippen LogP contribution in [0.1, 0.15) is 31.2 Å².